The van der Waals surface area contributed by atoms with Gasteiger partial charge in [-0.15, -0.1) is 0 Å². The second-order valence-corrected chi connectivity index (χ2v) is 3.37. The third-order valence-corrected chi connectivity index (χ3v) is 2.27. The van der Waals surface area contributed by atoms with Gasteiger partial charge < -0.3 is 10.6 Å². The second-order valence-electron chi connectivity index (χ2n) is 3.37. The number of hydrogen-bond donors (Lipinski definition) is 1. The molecule has 1 aliphatic heterocycles. The van der Waals surface area contributed by atoms with Crippen LogP contribution in [0.3, 0.4) is 0 Å². The standard InChI is InChI=1S/C9H16N2O2/c10-6-8(12)7-11-5-3-1-2-4-9(11)13/h1-7,10H2. The second kappa shape index (κ2) is 4.97. The van der Waals surface area contributed by atoms with E-state index in [-0.39, 0.29) is 24.8 Å². The topological polar surface area (TPSA) is 63.4 Å². The highest BCUT2D eigenvalue weighted by atomic mass is 16.2. The van der Waals surface area contributed by atoms with E-state index >= 15 is 0 Å². The van der Waals surface area contributed by atoms with Crippen LogP contribution in [-0.2, 0) is 9.59 Å². The molecule has 0 unspecified atom stereocenters. The third-order valence-electron chi connectivity index (χ3n) is 2.27. The summed E-state index contributed by atoms with van der Waals surface area (Å²) in [5.41, 5.74) is 5.19. The van der Waals surface area contributed by atoms with E-state index in [1.54, 1.807) is 4.90 Å². The third kappa shape index (κ3) is 3.14. The van der Waals surface area contributed by atoms with Gasteiger partial charge in [-0.1, -0.05) is 6.42 Å². The average Bonchev–Trinajstić information content (AvgIpc) is 2.32. The molecule has 4 heteroatoms. The monoisotopic (exact) mass is 184 g/mol. The lowest BCUT2D eigenvalue weighted by Gasteiger charge is -2.18. The molecular formula is C9H16N2O2. The number of rotatable bonds is 3. The van der Waals surface area contributed by atoms with Crippen molar-refractivity contribution in [3.8, 4) is 0 Å². The molecule has 4 nitrogen and oxygen atoms in total. The Labute approximate surface area is 78.1 Å². The number of nitrogens with two attached hydrogens (primary N) is 1. The summed E-state index contributed by atoms with van der Waals surface area (Å²) in [6.07, 6.45) is 3.62. The van der Waals surface area contributed by atoms with Gasteiger partial charge >= 0.3 is 0 Å². The van der Waals surface area contributed by atoms with Crippen LogP contribution >= 0.6 is 0 Å². The highest BCUT2D eigenvalue weighted by Gasteiger charge is 2.17. The highest BCUT2D eigenvalue weighted by Crippen LogP contribution is 2.10. The van der Waals surface area contributed by atoms with E-state index in [0.717, 1.165) is 19.3 Å². The molecule has 1 amide bonds. The minimum Gasteiger partial charge on any atom is -0.335 e. The first-order chi connectivity index (χ1) is 6.24. The van der Waals surface area contributed by atoms with E-state index in [1.165, 1.54) is 0 Å². The molecule has 0 bridgehead atoms. The van der Waals surface area contributed by atoms with Crippen LogP contribution in [-0.4, -0.2) is 36.2 Å². The minimum absolute atomic E-state index is 0.0315. The molecule has 0 aromatic rings. The fourth-order valence-electron chi connectivity index (χ4n) is 1.48. The van der Waals surface area contributed by atoms with Crippen LogP contribution in [0.4, 0.5) is 0 Å². The fraction of sp³-hybridized carbons (Fsp3) is 0.778. The molecule has 74 valence electrons. The number of nitrogens with zero attached hydrogens (tertiary/aromatic N) is 1. The maximum absolute atomic E-state index is 11.4. The SMILES string of the molecule is NCC(=O)CN1CCCCCC1=O. The maximum Gasteiger partial charge on any atom is 0.222 e. The highest BCUT2D eigenvalue weighted by molar-refractivity contribution is 5.87. The lowest BCUT2D eigenvalue weighted by molar-refractivity contribution is -0.134. The van der Waals surface area contributed by atoms with Crippen molar-refractivity contribution in [2.45, 2.75) is 25.7 Å². The lowest BCUT2D eigenvalue weighted by atomic mass is 10.2. The Kier molecular flexibility index (Phi) is 3.89. The van der Waals surface area contributed by atoms with E-state index in [9.17, 15) is 9.59 Å². The number of Topliss-reactive ketones (excluding diaryl/α,β-unsaturated/α-hetero) is 1. The first-order valence-electron chi connectivity index (χ1n) is 4.73. The van der Waals surface area contributed by atoms with Gasteiger partial charge in [0.15, 0.2) is 5.78 Å². The normalized spacial score (nSPS) is 18.5. The van der Waals surface area contributed by atoms with Crippen molar-refractivity contribution in [1.29, 1.82) is 0 Å². The molecule has 0 radical (unpaired) electrons. The van der Waals surface area contributed by atoms with Crippen LogP contribution in [0.5, 0.6) is 0 Å². The Morgan fingerprint density at radius 1 is 1.38 bits per heavy atom. The van der Waals surface area contributed by atoms with Crippen LogP contribution in [0.15, 0.2) is 0 Å². The van der Waals surface area contributed by atoms with Crippen molar-refractivity contribution < 1.29 is 9.59 Å². The predicted molar refractivity (Wildman–Crippen MR) is 49.1 cm³/mol. The van der Waals surface area contributed by atoms with Crippen LogP contribution in [0.25, 0.3) is 0 Å². The van der Waals surface area contributed by atoms with Gasteiger partial charge in [0.1, 0.15) is 0 Å². The molecule has 1 aliphatic rings. The number of likely N-dealkylation sites (tertiary alicyclic amines) is 1. The summed E-state index contributed by atoms with van der Waals surface area (Å²) in [4.78, 5) is 24.0. The van der Waals surface area contributed by atoms with Crippen LogP contribution in [0, 0.1) is 0 Å². The summed E-state index contributed by atoms with van der Waals surface area (Å²) in [7, 11) is 0. The van der Waals surface area contributed by atoms with Gasteiger partial charge in [-0.2, -0.15) is 0 Å². The number of carbonyl (C=O) groups is 2. The Morgan fingerprint density at radius 2 is 2.15 bits per heavy atom. The van der Waals surface area contributed by atoms with Crippen molar-refractivity contribution in [2.24, 2.45) is 5.73 Å². The molecule has 0 saturated carbocycles. The molecule has 2 N–H and O–H groups in total. The summed E-state index contributed by atoms with van der Waals surface area (Å²) >= 11 is 0. The van der Waals surface area contributed by atoms with Crippen molar-refractivity contribution in [2.75, 3.05) is 19.6 Å². The summed E-state index contributed by atoms with van der Waals surface area (Å²) in [5, 5.41) is 0. The fourth-order valence-corrected chi connectivity index (χ4v) is 1.48. The van der Waals surface area contributed by atoms with E-state index in [2.05, 4.69) is 0 Å². The molecule has 1 rings (SSSR count). The van der Waals surface area contributed by atoms with Crippen molar-refractivity contribution >= 4 is 11.7 Å². The summed E-state index contributed by atoms with van der Waals surface area (Å²) in [6, 6.07) is 0. The molecule has 0 atom stereocenters. The number of carbonyl (C=O) groups excluding carboxylic acids is 2. The van der Waals surface area contributed by atoms with Crippen LogP contribution in [0.1, 0.15) is 25.7 Å². The maximum atomic E-state index is 11.4. The van der Waals surface area contributed by atoms with Gasteiger partial charge in [0.2, 0.25) is 5.91 Å². The van der Waals surface area contributed by atoms with Gasteiger partial charge in [0.05, 0.1) is 13.1 Å². The van der Waals surface area contributed by atoms with Crippen LogP contribution in [0.2, 0.25) is 0 Å². The molecular weight excluding hydrogens is 168 g/mol. The number of ketones is 1. The zero-order chi connectivity index (χ0) is 9.68. The molecule has 0 spiro atoms. The van der Waals surface area contributed by atoms with Gasteiger partial charge in [-0.3, -0.25) is 9.59 Å². The van der Waals surface area contributed by atoms with Crippen molar-refractivity contribution in [3.63, 3.8) is 0 Å². The van der Waals surface area contributed by atoms with Gasteiger partial charge in [-0.05, 0) is 12.8 Å². The van der Waals surface area contributed by atoms with Crippen molar-refractivity contribution in [1.82, 2.24) is 4.90 Å². The Balaban J connectivity index is 2.45. The van der Waals surface area contributed by atoms with E-state index in [1.807, 2.05) is 0 Å². The minimum atomic E-state index is -0.0600. The Morgan fingerprint density at radius 3 is 2.85 bits per heavy atom. The largest absolute Gasteiger partial charge is 0.335 e. The molecule has 0 aromatic carbocycles. The van der Waals surface area contributed by atoms with E-state index in [0.29, 0.717) is 13.0 Å². The Hall–Kier alpha value is -0.900. The van der Waals surface area contributed by atoms with Crippen LogP contribution < -0.4 is 5.73 Å². The zero-order valence-corrected chi connectivity index (χ0v) is 7.79. The number of hydrogen-bond acceptors (Lipinski definition) is 3. The summed E-state index contributed by atoms with van der Waals surface area (Å²) < 4.78 is 0. The molecule has 13 heavy (non-hydrogen) atoms. The zero-order valence-electron chi connectivity index (χ0n) is 7.79. The van der Waals surface area contributed by atoms with E-state index in [4.69, 9.17) is 5.73 Å². The van der Waals surface area contributed by atoms with Gasteiger partial charge in [-0.25, -0.2) is 0 Å². The van der Waals surface area contributed by atoms with E-state index < -0.39 is 0 Å². The molecule has 1 saturated heterocycles. The molecule has 1 heterocycles. The summed E-state index contributed by atoms with van der Waals surface area (Å²) in [5.74, 6) is 0.0366. The first kappa shape index (κ1) is 10.2. The van der Waals surface area contributed by atoms with Crippen molar-refractivity contribution in [3.05, 3.63) is 0 Å². The Bertz CT molecular complexity index is 204. The molecule has 1 fully saturated rings. The quantitative estimate of drug-likeness (QED) is 0.667. The van der Waals surface area contributed by atoms with Gasteiger partial charge in [0.25, 0.3) is 0 Å². The molecule has 0 aliphatic carbocycles. The molecule has 0 aromatic heterocycles. The number of amides is 1. The summed E-state index contributed by atoms with van der Waals surface area (Å²) in [6.45, 7) is 0.948. The lowest BCUT2D eigenvalue weighted by Crippen LogP contribution is -2.37. The van der Waals surface area contributed by atoms with Gasteiger partial charge in [0, 0.05) is 13.0 Å². The predicted octanol–water partition coefficient (Wildman–Crippen LogP) is -0.0832. The smallest absolute Gasteiger partial charge is 0.222 e. The average molecular weight is 184 g/mol. The first-order valence-corrected chi connectivity index (χ1v) is 4.73.